The number of carbonyl (C=O) groups is 1. The summed E-state index contributed by atoms with van der Waals surface area (Å²) >= 11 is 0. The number of piperazine rings is 1. The van der Waals surface area contributed by atoms with Crippen LogP contribution in [-0.2, 0) is 18.9 Å². The van der Waals surface area contributed by atoms with E-state index in [0.29, 0.717) is 12.4 Å². The van der Waals surface area contributed by atoms with Gasteiger partial charge in [-0.3, -0.25) is 4.68 Å². The second-order valence-corrected chi connectivity index (χ2v) is 9.59. The molecule has 0 spiro atoms. The van der Waals surface area contributed by atoms with Gasteiger partial charge < -0.3 is 20.2 Å². The zero-order valence-corrected chi connectivity index (χ0v) is 19.5. The van der Waals surface area contributed by atoms with Gasteiger partial charge in [0.05, 0.1) is 11.4 Å². The van der Waals surface area contributed by atoms with Gasteiger partial charge in [-0.05, 0) is 48.7 Å². The first-order valence-electron chi connectivity index (χ1n) is 11.2. The molecular formula is C24H29N7O2. The third-order valence-corrected chi connectivity index (χ3v) is 6.64. The van der Waals surface area contributed by atoms with E-state index >= 15 is 0 Å². The van der Waals surface area contributed by atoms with Crippen LogP contribution in [0.2, 0.25) is 0 Å². The molecule has 0 saturated carbocycles. The molecule has 2 aromatic heterocycles. The highest BCUT2D eigenvalue weighted by atomic mass is 16.4. The number of hydrogen-bond acceptors (Lipinski definition) is 7. The quantitative estimate of drug-likeness (QED) is 0.630. The highest BCUT2D eigenvalue weighted by Crippen LogP contribution is 2.43. The number of hydrogen-bond donors (Lipinski definition) is 2. The van der Waals surface area contributed by atoms with E-state index in [-0.39, 0.29) is 11.1 Å². The molecule has 0 atom stereocenters. The van der Waals surface area contributed by atoms with E-state index in [9.17, 15) is 9.90 Å². The van der Waals surface area contributed by atoms with Crippen molar-refractivity contribution in [1.82, 2.24) is 24.6 Å². The van der Waals surface area contributed by atoms with Crippen LogP contribution < -0.4 is 10.2 Å². The Morgan fingerprint density at radius 2 is 1.79 bits per heavy atom. The van der Waals surface area contributed by atoms with Crippen molar-refractivity contribution in [2.24, 2.45) is 7.05 Å². The van der Waals surface area contributed by atoms with E-state index < -0.39 is 5.97 Å². The summed E-state index contributed by atoms with van der Waals surface area (Å²) in [5, 5.41) is 17.3. The average molecular weight is 448 g/mol. The van der Waals surface area contributed by atoms with E-state index in [2.05, 4.69) is 44.4 Å². The molecule has 33 heavy (non-hydrogen) atoms. The zero-order chi connectivity index (χ0) is 23.3. The van der Waals surface area contributed by atoms with Crippen LogP contribution in [0.3, 0.4) is 0 Å². The predicted octanol–water partition coefficient (Wildman–Crippen LogP) is 2.90. The lowest BCUT2D eigenvalue weighted by Crippen LogP contribution is -2.44. The zero-order valence-electron chi connectivity index (χ0n) is 19.5. The van der Waals surface area contributed by atoms with Crippen molar-refractivity contribution in [2.75, 3.05) is 43.4 Å². The van der Waals surface area contributed by atoms with Crippen molar-refractivity contribution in [3.63, 3.8) is 0 Å². The summed E-state index contributed by atoms with van der Waals surface area (Å²) in [7, 11) is 3.92. The van der Waals surface area contributed by atoms with Crippen molar-refractivity contribution < 1.29 is 9.90 Å². The molecule has 3 aromatic rings. The largest absolute Gasteiger partial charge is 0.476 e. The van der Waals surface area contributed by atoms with Crippen molar-refractivity contribution in [2.45, 2.75) is 25.7 Å². The van der Waals surface area contributed by atoms with Gasteiger partial charge >= 0.3 is 5.97 Å². The number of nitrogens with one attached hydrogen (secondary N) is 1. The van der Waals surface area contributed by atoms with Gasteiger partial charge in [0.2, 0.25) is 5.95 Å². The molecule has 5 rings (SSSR count). The van der Waals surface area contributed by atoms with Gasteiger partial charge in [0.25, 0.3) is 0 Å². The van der Waals surface area contributed by atoms with E-state index in [1.54, 1.807) is 11.7 Å². The number of fused-ring (bicyclic) bond motifs is 3. The number of aryl methyl sites for hydroxylation is 1. The van der Waals surface area contributed by atoms with Gasteiger partial charge in [-0.1, -0.05) is 13.8 Å². The maximum Gasteiger partial charge on any atom is 0.356 e. The highest BCUT2D eigenvalue weighted by molar-refractivity contribution is 5.91. The number of nitrogens with zero attached hydrogens (tertiary/aromatic N) is 6. The third-order valence-electron chi connectivity index (χ3n) is 6.64. The van der Waals surface area contributed by atoms with Crippen molar-refractivity contribution in [3.05, 3.63) is 47.3 Å². The second-order valence-electron chi connectivity index (χ2n) is 9.59. The van der Waals surface area contributed by atoms with Crippen LogP contribution in [0, 0.1) is 0 Å². The molecule has 3 heterocycles. The topological polar surface area (TPSA) is 99.4 Å². The lowest BCUT2D eigenvalue weighted by molar-refractivity contribution is 0.0686. The first kappa shape index (κ1) is 21.4. The Bertz CT molecular complexity index is 1210. The number of likely N-dealkylation sites (N-methyl/N-ethyl adjacent to an activating group) is 1. The summed E-state index contributed by atoms with van der Waals surface area (Å²) in [6.45, 7) is 8.27. The Morgan fingerprint density at radius 1 is 1.09 bits per heavy atom. The van der Waals surface area contributed by atoms with Crippen molar-refractivity contribution in [1.29, 1.82) is 0 Å². The Balaban J connectivity index is 1.43. The molecule has 0 bridgehead atoms. The Morgan fingerprint density at radius 3 is 2.45 bits per heavy atom. The Kier molecular flexibility index (Phi) is 5.08. The fraction of sp³-hybridized carbons (Fsp3) is 0.417. The number of carboxylic acids is 1. The molecule has 2 N–H and O–H groups in total. The van der Waals surface area contributed by atoms with Crippen LogP contribution in [0.5, 0.6) is 0 Å². The van der Waals surface area contributed by atoms with Crippen LogP contribution in [0.25, 0.3) is 11.4 Å². The van der Waals surface area contributed by atoms with Gasteiger partial charge in [0.1, 0.15) is 0 Å². The molecule has 9 heteroatoms. The number of aromatic nitrogens is 4. The standard InChI is InChI=1S/C24H29N7O2/c1-24(2)13-15-14-25-23(27-19(15)21-18(24)20(22(32)33)28-30(21)4)26-16-5-7-17(8-6-16)31-11-9-29(3)10-12-31/h5-8,14H,9-13H2,1-4H3,(H,32,33)(H,25,26,27). The molecule has 9 nitrogen and oxygen atoms in total. The van der Waals surface area contributed by atoms with Crippen LogP contribution in [0.4, 0.5) is 17.3 Å². The van der Waals surface area contributed by atoms with Crippen LogP contribution >= 0.6 is 0 Å². The summed E-state index contributed by atoms with van der Waals surface area (Å²) in [4.78, 5) is 25.9. The van der Waals surface area contributed by atoms with Crippen LogP contribution in [-0.4, -0.2) is 69.0 Å². The SMILES string of the molecule is CN1CCN(c2ccc(Nc3ncc4c(n3)-c3c(c(C(=O)O)nn3C)C(C)(C)C4)cc2)CC1. The van der Waals surface area contributed by atoms with Gasteiger partial charge in [-0.15, -0.1) is 0 Å². The molecule has 1 aliphatic carbocycles. The molecule has 2 aliphatic rings. The summed E-state index contributed by atoms with van der Waals surface area (Å²) in [5.41, 5.74) is 5.03. The monoisotopic (exact) mass is 447 g/mol. The molecule has 1 saturated heterocycles. The summed E-state index contributed by atoms with van der Waals surface area (Å²) in [6.07, 6.45) is 2.49. The lowest BCUT2D eigenvalue weighted by Gasteiger charge is -2.34. The third kappa shape index (κ3) is 3.82. The molecule has 1 aromatic carbocycles. The first-order chi connectivity index (χ1) is 15.7. The Labute approximate surface area is 193 Å². The Hall–Kier alpha value is -3.46. The normalized spacial score (nSPS) is 17.4. The molecule has 1 fully saturated rings. The molecule has 0 radical (unpaired) electrons. The molecule has 0 unspecified atom stereocenters. The minimum Gasteiger partial charge on any atom is -0.476 e. The summed E-state index contributed by atoms with van der Waals surface area (Å²) in [6, 6.07) is 8.31. The van der Waals surface area contributed by atoms with Crippen LogP contribution in [0.1, 0.15) is 35.5 Å². The maximum atomic E-state index is 11.8. The fourth-order valence-corrected chi connectivity index (χ4v) is 4.90. The van der Waals surface area contributed by atoms with Crippen molar-refractivity contribution >= 4 is 23.3 Å². The second kappa shape index (κ2) is 7.84. The van der Waals surface area contributed by atoms with Gasteiger partial charge in [-0.25, -0.2) is 14.8 Å². The number of benzene rings is 1. The van der Waals surface area contributed by atoms with E-state index in [4.69, 9.17) is 4.98 Å². The fourth-order valence-electron chi connectivity index (χ4n) is 4.90. The molecule has 172 valence electrons. The van der Waals surface area contributed by atoms with Gasteiger partial charge in [0, 0.05) is 56.4 Å². The number of aromatic carboxylic acids is 1. The van der Waals surface area contributed by atoms with Crippen molar-refractivity contribution in [3.8, 4) is 11.4 Å². The maximum absolute atomic E-state index is 11.8. The molecule has 1 aliphatic heterocycles. The molecular weight excluding hydrogens is 418 g/mol. The smallest absolute Gasteiger partial charge is 0.356 e. The van der Waals surface area contributed by atoms with E-state index in [1.807, 2.05) is 32.2 Å². The van der Waals surface area contributed by atoms with Gasteiger partial charge in [0.15, 0.2) is 5.69 Å². The predicted molar refractivity (Wildman–Crippen MR) is 127 cm³/mol. The average Bonchev–Trinajstić information content (AvgIpc) is 3.14. The summed E-state index contributed by atoms with van der Waals surface area (Å²) < 4.78 is 1.63. The lowest BCUT2D eigenvalue weighted by atomic mass is 9.73. The first-order valence-corrected chi connectivity index (χ1v) is 11.2. The minimum atomic E-state index is -1.02. The highest BCUT2D eigenvalue weighted by Gasteiger charge is 2.39. The molecule has 0 amide bonds. The van der Waals surface area contributed by atoms with Crippen LogP contribution in [0.15, 0.2) is 30.5 Å². The minimum absolute atomic E-state index is 0.0933. The number of rotatable bonds is 4. The van der Waals surface area contributed by atoms with E-state index in [1.165, 1.54) is 5.69 Å². The van der Waals surface area contributed by atoms with Gasteiger partial charge in [-0.2, -0.15) is 5.10 Å². The number of anilines is 3. The number of carboxylic acid groups (broad SMARTS) is 1. The van der Waals surface area contributed by atoms with E-state index in [0.717, 1.165) is 54.4 Å². The summed E-state index contributed by atoms with van der Waals surface area (Å²) in [5.74, 6) is -0.541.